The summed E-state index contributed by atoms with van der Waals surface area (Å²) in [5.41, 5.74) is 1.33. The zero-order valence-corrected chi connectivity index (χ0v) is 14.2. The predicted octanol–water partition coefficient (Wildman–Crippen LogP) is 3.93. The van der Waals surface area contributed by atoms with Gasteiger partial charge < -0.3 is 9.73 Å². The number of rotatable bonds is 4. The van der Waals surface area contributed by atoms with E-state index in [0.717, 1.165) is 37.3 Å². The molecule has 0 radical (unpaired) electrons. The number of nitrogens with zero attached hydrogens (tertiary/aromatic N) is 3. The number of benzene rings is 1. The zero-order valence-electron chi connectivity index (χ0n) is 14.2. The lowest BCUT2D eigenvalue weighted by Crippen LogP contribution is -2.27. The Kier molecular flexibility index (Phi) is 5.50. The normalized spacial score (nSPS) is 16.5. The molecule has 25 heavy (non-hydrogen) atoms. The van der Waals surface area contributed by atoms with Crippen molar-refractivity contribution >= 4 is 12.6 Å². The lowest BCUT2D eigenvalue weighted by atomic mass is 9.94. The molecule has 2 heterocycles. The van der Waals surface area contributed by atoms with Crippen LogP contribution in [0.1, 0.15) is 37.1 Å². The van der Waals surface area contributed by atoms with Gasteiger partial charge in [-0.2, -0.15) is 0 Å². The van der Waals surface area contributed by atoms with Crippen LogP contribution in [-0.2, 0) is 0 Å². The Morgan fingerprint density at radius 1 is 1.32 bits per heavy atom. The van der Waals surface area contributed by atoms with E-state index in [1.807, 2.05) is 13.0 Å². The van der Waals surface area contributed by atoms with E-state index in [1.54, 1.807) is 18.3 Å². The summed E-state index contributed by atoms with van der Waals surface area (Å²) in [5, 5.41) is 3.35. The number of hydrogen-bond donors (Lipinski definition) is 1. The smallest absolute Gasteiger partial charge is 0.227 e. The summed E-state index contributed by atoms with van der Waals surface area (Å²) in [6.45, 7) is 7.35. The summed E-state index contributed by atoms with van der Waals surface area (Å²) in [6, 6.07) is 6.09. The molecule has 1 aliphatic rings. The van der Waals surface area contributed by atoms with Gasteiger partial charge in [-0.05, 0) is 63.8 Å². The van der Waals surface area contributed by atoms with Crippen LogP contribution < -0.4 is 5.32 Å². The van der Waals surface area contributed by atoms with Crippen molar-refractivity contribution in [3.63, 3.8) is 0 Å². The molecular formula is C19H21FN4O. The fourth-order valence-corrected chi connectivity index (χ4v) is 2.89. The van der Waals surface area contributed by atoms with Gasteiger partial charge in [-0.3, -0.25) is 0 Å². The number of piperidine rings is 1. The van der Waals surface area contributed by atoms with Gasteiger partial charge in [0.25, 0.3) is 0 Å². The number of aromatic nitrogens is 1. The molecule has 2 aromatic rings. The number of hydrogen-bond acceptors (Lipinski definition) is 4. The Labute approximate surface area is 146 Å². The van der Waals surface area contributed by atoms with Crippen LogP contribution in [0.4, 0.5) is 4.39 Å². The zero-order chi connectivity index (χ0) is 17.6. The molecule has 1 fully saturated rings. The lowest BCUT2D eigenvalue weighted by Gasteiger charge is -2.21. The first-order valence-corrected chi connectivity index (χ1v) is 8.36. The van der Waals surface area contributed by atoms with Crippen molar-refractivity contribution in [2.75, 3.05) is 13.1 Å². The van der Waals surface area contributed by atoms with Crippen molar-refractivity contribution in [3.8, 4) is 11.5 Å². The first-order chi connectivity index (χ1) is 12.2. The molecular weight excluding hydrogens is 319 g/mol. The Hall–Kier alpha value is -2.60. The highest BCUT2D eigenvalue weighted by molar-refractivity contribution is 6.01. The maximum Gasteiger partial charge on any atom is 0.227 e. The summed E-state index contributed by atoms with van der Waals surface area (Å²) >= 11 is 0. The van der Waals surface area contributed by atoms with Crippen LogP contribution >= 0.6 is 0 Å². The fourth-order valence-electron chi connectivity index (χ4n) is 2.89. The lowest BCUT2D eigenvalue weighted by molar-refractivity contribution is 0.389. The van der Waals surface area contributed by atoms with Crippen LogP contribution in [0, 0.1) is 5.82 Å². The van der Waals surface area contributed by atoms with Gasteiger partial charge in [0.1, 0.15) is 11.6 Å². The second-order valence-corrected chi connectivity index (χ2v) is 5.86. The average Bonchev–Trinajstić information content (AvgIpc) is 3.09. The molecule has 6 heteroatoms. The molecule has 0 amide bonds. The van der Waals surface area contributed by atoms with E-state index in [2.05, 4.69) is 27.0 Å². The SMILES string of the molecule is C=NC(=NC=CC)c1nc(-c2ccc(F)cc2)oc1C1CCNCC1. The van der Waals surface area contributed by atoms with Gasteiger partial charge in [0, 0.05) is 17.7 Å². The first kappa shape index (κ1) is 17.2. The summed E-state index contributed by atoms with van der Waals surface area (Å²) in [7, 11) is 0. The van der Waals surface area contributed by atoms with Gasteiger partial charge in [-0.15, -0.1) is 0 Å². The van der Waals surface area contributed by atoms with Crippen molar-refractivity contribution in [2.45, 2.75) is 25.7 Å². The number of aliphatic imine (C=N–C) groups is 2. The van der Waals surface area contributed by atoms with Crippen LogP contribution in [0.3, 0.4) is 0 Å². The third kappa shape index (κ3) is 3.91. The largest absolute Gasteiger partial charge is 0.440 e. The highest BCUT2D eigenvalue weighted by atomic mass is 19.1. The van der Waals surface area contributed by atoms with Gasteiger partial charge in [-0.25, -0.2) is 19.4 Å². The number of amidine groups is 1. The molecule has 1 aliphatic heterocycles. The van der Waals surface area contributed by atoms with Crippen LogP contribution in [0.25, 0.3) is 11.5 Å². The van der Waals surface area contributed by atoms with E-state index in [1.165, 1.54) is 12.1 Å². The number of oxazole rings is 1. The van der Waals surface area contributed by atoms with E-state index in [-0.39, 0.29) is 11.7 Å². The first-order valence-electron chi connectivity index (χ1n) is 8.36. The molecule has 3 rings (SSSR count). The highest BCUT2D eigenvalue weighted by Crippen LogP contribution is 2.32. The molecule has 1 N–H and O–H groups in total. The highest BCUT2D eigenvalue weighted by Gasteiger charge is 2.27. The monoisotopic (exact) mass is 340 g/mol. The summed E-state index contributed by atoms with van der Waals surface area (Å²) in [4.78, 5) is 12.9. The molecule has 0 unspecified atom stereocenters. The second-order valence-electron chi connectivity index (χ2n) is 5.86. The molecule has 5 nitrogen and oxygen atoms in total. The molecule has 0 atom stereocenters. The van der Waals surface area contributed by atoms with Crippen LogP contribution in [0.5, 0.6) is 0 Å². The van der Waals surface area contributed by atoms with E-state index in [4.69, 9.17) is 4.42 Å². The minimum Gasteiger partial charge on any atom is -0.440 e. The molecule has 0 bridgehead atoms. The maximum absolute atomic E-state index is 13.2. The van der Waals surface area contributed by atoms with E-state index < -0.39 is 0 Å². The topological polar surface area (TPSA) is 62.8 Å². The third-order valence-electron chi connectivity index (χ3n) is 4.16. The number of halogens is 1. The van der Waals surface area contributed by atoms with Crippen LogP contribution in [0.2, 0.25) is 0 Å². The average molecular weight is 340 g/mol. The molecule has 1 aromatic heterocycles. The summed E-state index contributed by atoms with van der Waals surface area (Å²) in [6.07, 6.45) is 5.39. The third-order valence-corrected chi connectivity index (χ3v) is 4.16. The van der Waals surface area contributed by atoms with Gasteiger partial charge in [0.15, 0.2) is 11.5 Å². The molecule has 0 aliphatic carbocycles. The molecule has 1 aromatic carbocycles. The second kappa shape index (κ2) is 7.98. The van der Waals surface area contributed by atoms with Crippen molar-refractivity contribution in [3.05, 3.63) is 53.8 Å². The van der Waals surface area contributed by atoms with Crippen LogP contribution in [-0.4, -0.2) is 30.6 Å². The Bertz CT molecular complexity index is 786. The number of allylic oxidation sites excluding steroid dienone is 1. The number of nitrogens with one attached hydrogen (secondary N) is 1. The predicted molar refractivity (Wildman–Crippen MR) is 97.6 cm³/mol. The molecule has 1 saturated heterocycles. The van der Waals surface area contributed by atoms with E-state index in [9.17, 15) is 4.39 Å². The van der Waals surface area contributed by atoms with Crippen molar-refractivity contribution in [1.82, 2.24) is 10.3 Å². The minimum absolute atomic E-state index is 0.246. The maximum atomic E-state index is 13.2. The van der Waals surface area contributed by atoms with Gasteiger partial charge in [-0.1, -0.05) is 6.08 Å². The Morgan fingerprint density at radius 3 is 2.68 bits per heavy atom. The van der Waals surface area contributed by atoms with Crippen molar-refractivity contribution < 1.29 is 8.81 Å². The fraction of sp³-hybridized carbons (Fsp3) is 0.316. The summed E-state index contributed by atoms with van der Waals surface area (Å²) < 4.78 is 19.3. The van der Waals surface area contributed by atoms with E-state index >= 15 is 0 Å². The van der Waals surface area contributed by atoms with Crippen LogP contribution in [0.15, 0.2) is 50.9 Å². The van der Waals surface area contributed by atoms with Gasteiger partial charge >= 0.3 is 0 Å². The molecule has 0 spiro atoms. The molecule has 130 valence electrons. The van der Waals surface area contributed by atoms with Crippen molar-refractivity contribution in [1.29, 1.82) is 0 Å². The van der Waals surface area contributed by atoms with E-state index in [0.29, 0.717) is 17.4 Å². The van der Waals surface area contributed by atoms with Gasteiger partial charge in [0.2, 0.25) is 5.89 Å². The summed E-state index contributed by atoms with van der Waals surface area (Å²) in [5.74, 6) is 1.60. The minimum atomic E-state index is -0.294. The molecule has 0 saturated carbocycles. The Balaban J connectivity index is 2.06. The quantitative estimate of drug-likeness (QED) is 0.677. The Morgan fingerprint density at radius 2 is 2.04 bits per heavy atom. The van der Waals surface area contributed by atoms with Gasteiger partial charge in [0.05, 0.1) is 0 Å². The van der Waals surface area contributed by atoms with Crippen molar-refractivity contribution in [2.24, 2.45) is 9.98 Å². The standard InChI is InChI=1S/C19H21FN4O/c1-3-10-23-18(21-2)16-17(13-8-11-22-12-9-13)25-19(24-16)14-4-6-15(20)7-5-14/h3-7,10,13,22H,2,8-9,11-12H2,1H3.